The van der Waals surface area contributed by atoms with Gasteiger partial charge in [-0.25, -0.2) is 0 Å². The van der Waals surface area contributed by atoms with Crippen LogP contribution in [0.2, 0.25) is 0 Å². The van der Waals surface area contributed by atoms with Gasteiger partial charge in [-0.15, -0.1) is 0 Å². The lowest BCUT2D eigenvalue weighted by atomic mass is 10.3. The second-order valence-corrected chi connectivity index (χ2v) is 4.53. The van der Waals surface area contributed by atoms with Gasteiger partial charge in [-0.05, 0) is 25.0 Å². The lowest BCUT2D eigenvalue weighted by Crippen LogP contribution is -2.10. The lowest BCUT2D eigenvalue weighted by molar-refractivity contribution is 0.446. The number of H-pyrrole nitrogens is 1. The van der Waals surface area contributed by atoms with Crippen LogP contribution in [-0.4, -0.2) is 15.1 Å². The zero-order valence-corrected chi connectivity index (χ0v) is 10.1. The first-order chi connectivity index (χ1) is 9.13. The van der Waals surface area contributed by atoms with Crippen LogP contribution in [0.3, 0.4) is 0 Å². The van der Waals surface area contributed by atoms with E-state index in [1.807, 2.05) is 0 Å². The number of ether oxygens (including phenoxy) is 1. The van der Waals surface area contributed by atoms with Crippen LogP contribution in [0.15, 0.2) is 29.1 Å². The Morgan fingerprint density at radius 2 is 2.21 bits per heavy atom. The average Bonchev–Trinajstić information content (AvgIpc) is 3.18. The Labute approximate surface area is 108 Å². The summed E-state index contributed by atoms with van der Waals surface area (Å²) in [6.07, 6.45) is 2.06. The predicted octanol–water partition coefficient (Wildman–Crippen LogP) is 1.73. The molecule has 0 bridgehead atoms. The van der Waals surface area contributed by atoms with E-state index in [0.717, 1.165) is 12.8 Å². The highest BCUT2D eigenvalue weighted by Gasteiger charge is 2.26. The molecule has 0 spiro atoms. The standard InChI is InChI=1S/C13H13N3O3/c14-12-8(17)2-1-3-9(12)19-11-6-10(18)15-13(16-11)7-4-5-7/h1-3,6-7,17H,4-5,14H2,(H,15,16,18). The number of hydrogen-bond acceptors (Lipinski definition) is 5. The molecule has 0 saturated heterocycles. The van der Waals surface area contributed by atoms with Gasteiger partial charge >= 0.3 is 0 Å². The summed E-state index contributed by atoms with van der Waals surface area (Å²) in [5, 5.41) is 9.49. The number of nitrogen functional groups attached to an aromatic ring is 1. The fourth-order valence-electron chi connectivity index (χ4n) is 1.79. The Morgan fingerprint density at radius 3 is 2.95 bits per heavy atom. The van der Waals surface area contributed by atoms with Crippen molar-refractivity contribution >= 4 is 5.69 Å². The largest absolute Gasteiger partial charge is 0.506 e. The molecule has 98 valence electrons. The Bertz CT molecular complexity index is 677. The summed E-state index contributed by atoms with van der Waals surface area (Å²) in [4.78, 5) is 18.5. The van der Waals surface area contributed by atoms with Gasteiger partial charge in [0.1, 0.15) is 17.3 Å². The van der Waals surface area contributed by atoms with E-state index in [1.54, 1.807) is 12.1 Å². The van der Waals surface area contributed by atoms with E-state index in [4.69, 9.17) is 10.5 Å². The van der Waals surface area contributed by atoms with E-state index in [1.165, 1.54) is 12.1 Å². The van der Waals surface area contributed by atoms with Crippen LogP contribution in [0.4, 0.5) is 5.69 Å². The molecule has 4 N–H and O–H groups in total. The van der Waals surface area contributed by atoms with Gasteiger partial charge in [-0.2, -0.15) is 4.98 Å². The first-order valence-electron chi connectivity index (χ1n) is 6.00. The number of nitrogens with one attached hydrogen (secondary N) is 1. The lowest BCUT2D eigenvalue weighted by Gasteiger charge is -2.09. The van der Waals surface area contributed by atoms with Crippen LogP contribution in [0, 0.1) is 0 Å². The van der Waals surface area contributed by atoms with Crippen molar-refractivity contribution in [3.8, 4) is 17.4 Å². The maximum atomic E-state index is 11.5. The van der Waals surface area contributed by atoms with Gasteiger partial charge in [0.25, 0.3) is 5.56 Å². The second-order valence-electron chi connectivity index (χ2n) is 4.53. The van der Waals surface area contributed by atoms with E-state index in [9.17, 15) is 9.90 Å². The van der Waals surface area contributed by atoms with Crippen LogP contribution in [0.25, 0.3) is 0 Å². The van der Waals surface area contributed by atoms with Gasteiger partial charge in [-0.1, -0.05) is 6.07 Å². The zero-order chi connectivity index (χ0) is 13.4. The number of aromatic amines is 1. The van der Waals surface area contributed by atoms with Crippen molar-refractivity contribution in [2.24, 2.45) is 0 Å². The zero-order valence-electron chi connectivity index (χ0n) is 10.1. The number of phenolic OH excluding ortho intramolecular Hbond substituents is 1. The highest BCUT2D eigenvalue weighted by atomic mass is 16.5. The first-order valence-corrected chi connectivity index (χ1v) is 6.00. The number of para-hydroxylation sites is 1. The number of rotatable bonds is 3. The van der Waals surface area contributed by atoms with E-state index < -0.39 is 0 Å². The van der Waals surface area contributed by atoms with Crippen molar-refractivity contribution in [3.63, 3.8) is 0 Å². The number of nitrogens with two attached hydrogens (primary N) is 1. The van der Waals surface area contributed by atoms with Crippen LogP contribution in [0.1, 0.15) is 24.6 Å². The van der Waals surface area contributed by atoms with E-state index in [2.05, 4.69) is 9.97 Å². The Morgan fingerprint density at radius 1 is 1.42 bits per heavy atom. The molecule has 1 saturated carbocycles. The molecule has 2 aromatic rings. The molecule has 1 fully saturated rings. The number of hydrogen-bond donors (Lipinski definition) is 3. The Kier molecular flexibility index (Phi) is 2.63. The van der Waals surface area contributed by atoms with E-state index >= 15 is 0 Å². The predicted molar refractivity (Wildman–Crippen MR) is 69.4 cm³/mol. The van der Waals surface area contributed by atoms with Gasteiger partial charge < -0.3 is 20.6 Å². The summed E-state index contributed by atoms with van der Waals surface area (Å²) < 4.78 is 5.47. The summed E-state index contributed by atoms with van der Waals surface area (Å²) in [6, 6.07) is 5.93. The van der Waals surface area contributed by atoms with E-state index in [0.29, 0.717) is 11.7 Å². The van der Waals surface area contributed by atoms with E-state index in [-0.39, 0.29) is 28.6 Å². The molecule has 1 aliphatic rings. The summed E-state index contributed by atoms with van der Waals surface area (Å²) in [6.45, 7) is 0. The van der Waals surface area contributed by atoms with Crippen LogP contribution < -0.4 is 16.0 Å². The SMILES string of the molecule is Nc1c(O)cccc1Oc1cc(=O)[nH]c(C2CC2)n1. The first kappa shape index (κ1) is 11.6. The molecule has 1 aromatic heterocycles. The molecule has 1 heterocycles. The van der Waals surface area contributed by atoms with Gasteiger partial charge in [0, 0.05) is 5.92 Å². The number of aromatic hydroxyl groups is 1. The minimum Gasteiger partial charge on any atom is -0.506 e. The topological polar surface area (TPSA) is 101 Å². The maximum absolute atomic E-state index is 11.5. The summed E-state index contributed by atoms with van der Waals surface area (Å²) in [5.41, 5.74) is 5.55. The van der Waals surface area contributed by atoms with Gasteiger partial charge in [-0.3, -0.25) is 4.79 Å². The number of phenols is 1. The van der Waals surface area contributed by atoms with Crippen LogP contribution >= 0.6 is 0 Å². The molecule has 3 rings (SSSR count). The van der Waals surface area contributed by atoms with Crippen molar-refractivity contribution in [1.82, 2.24) is 9.97 Å². The second kappa shape index (κ2) is 4.31. The maximum Gasteiger partial charge on any atom is 0.254 e. The van der Waals surface area contributed by atoms with Crippen LogP contribution in [0.5, 0.6) is 17.4 Å². The quantitative estimate of drug-likeness (QED) is 0.575. The molecule has 6 nitrogen and oxygen atoms in total. The Balaban J connectivity index is 1.94. The summed E-state index contributed by atoms with van der Waals surface area (Å²) in [7, 11) is 0. The van der Waals surface area contributed by atoms with Crippen molar-refractivity contribution in [2.75, 3.05) is 5.73 Å². The average molecular weight is 259 g/mol. The molecule has 0 radical (unpaired) electrons. The van der Waals surface area contributed by atoms with Crippen molar-refractivity contribution in [3.05, 3.63) is 40.4 Å². The molecule has 0 amide bonds. The minimum atomic E-state index is -0.259. The molecule has 0 aliphatic heterocycles. The highest BCUT2D eigenvalue weighted by molar-refractivity contribution is 5.62. The minimum absolute atomic E-state index is 0.0650. The summed E-state index contributed by atoms with van der Waals surface area (Å²) in [5.74, 6) is 1.35. The third kappa shape index (κ3) is 2.37. The third-order valence-electron chi connectivity index (χ3n) is 2.96. The fourth-order valence-corrected chi connectivity index (χ4v) is 1.79. The van der Waals surface area contributed by atoms with Gasteiger partial charge in [0.15, 0.2) is 5.75 Å². The molecule has 0 atom stereocenters. The molecule has 1 aliphatic carbocycles. The van der Waals surface area contributed by atoms with Crippen molar-refractivity contribution < 1.29 is 9.84 Å². The normalized spacial score (nSPS) is 14.3. The fraction of sp³-hybridized carbons (Fsp3) is 0.231. The molecular weight excluding hydrogens is 246 g/mol. The Hall–Kier alpha value is -2.50. The third-order valence-corrected chi connectivity index (χ3v) is 2.96. The molecule has 6 heteroatoms. The van der Waals surface area contributed by atoms with Crippen LogP contribution in [-0.2, 0) is 0 Å². The highest BCUT2D eigenvalue weighted by Crippen LogP contribution is 2.38. The number of anilines is 1. The smallest absolute Gasteiger partial charge is 0.254 e. The number of aromatic nitrogens is 2. The molecule has 19 heavy (non-hydrogen) atoms. The number of nitrogens with zero attached hydrogens (tertiary/aromatic N) is 1. The number of benzene rings is 1. The van der Waals surface area contributed by atoms with Gasteiger partial charge in [0.2, 0.25) is 5.88 Å². The van der Waals surface area contributed by atoms with Crippen molar-refractivity contribution in [1.29, 1.82) is 0 Å². The summed E-state index contributed by atoms with van der Waals surface area (Å²) >= 11 is 0. The molecular formula is C13H13N3O3. The monoisotopic (exact) mass is 259 g/mol. The molecule has 1 aromatic carbocycles. The van der Waals surface area contributed by atoms with Gasteiger partial charge in [0.05, 0.1) is 6.07 Å². The van der Waals surface area contributed by atoms with Crippen molar-refractivity contribution in [2.45, 2.75) is 18.8 Å². The molecule has 0 unspecified atom stereocenters.